The van der Waals surface area contributed by atoms with Gasteiger partial charge in [0, 0.05) is 18.5 Å². The molecule has 1 aromatic heterocycles. The molecular weight excluding hydrogens is 254 g/mol. The fourth-order valence-corrected chi connectivity index (χ4v) is 3.16. The molecule has 0 aliphatic carbocycles. The average molecular weight is 269 g/mol. The molecule has 1 amide bonds. The van der Waals surface area contributed by atoms with Crippen molar-refractivity contribution in [3.63, 3.8) is 0 Å². The van der Waals surface area contributed by atoms with Crippen molar-refractivity contribution in [3.8, 4) is 0 Å². The molecule has 0 bridgehead atoms. The lowest BCUT2D eigenvalue weighted by Crippen LogP contribution is -2.54. The Hall–Kier alpha value is -1.50. The number of carbonyl (C=O) groups excluding carboxylic acids is 1. The summed E-state index contributed by atoms with van der Waals surface area (Å²) in [6, 6.07) is 1.65. The summed E-state index contributed by atoms with van der Waals surface area (Å²) in [6.45, 7) is 1.84. The number of nitrogens with zero attached hydrogens (tertiary/aromatic N) is 2. The Morgan fingerprint density at radius 2 is 2.33 bits per heavy atom. The van der Waals surface area contributed by atoms with Crippen LogP contribution < -0.4 is 5.32 Å². The molecule has 98 valence electrons. The highest BCUT2D eigenvalue weighted by Gasteiger charge is 2.43. The summed E-state index contributed by atoms with van der Waals surface area (Å²) in [5.74, 6) is -0.259. The fourth-order valence-electron chi connectivity index (χ4n) is 1.84. The van der Waals surface area contributed by atoms with Crippen LogP contribution in [0.2, 0.25) is 0 Å². The highest BCUT2D eigenvalue weighted by Crippen LogP contribution is 2.28. The van der Waals surface area contributed by atoms with Crippen molar-refractivity contribution in [1.29, 1.82) is 0 Å². The topological polar surface area (TPSA) is 84.2 Å². The van der Waals surface area contributed by atoms with Gasteiger partial charge in [0.1, 0.15) is 11.2 Å². The van der Waals surface area contributed by atoms with Gasteiger partial charge in [0.05, 0.1) is 0 Å². The molecule has 2 N–H and O–H groups in total. The Morgan fingerprint density at radius 3 is 2.78 bits per heavy atom. The number of rotatable bonds is 3. The summed E-state index contributed by atoms with van der Waals surface area (Å²) in [5, 5.41) is 15.9. The van der Waals surface area contributed by atoms with E-state index >= 15 is 0 Å². The number of hydrogen-bond acceptors (Lipinski definition) is 4. The van der Waals surface area contributed by atoms with Crippen LogP contribution in [0.1, 0.15) is 22.6 Å². The summed E-state index contributed by atoms with van der Waals surface area (Å²) in [5.41, 5.74) is -0.0365. The Morgan fingerprint density at radius 1 is 1.61 bits per heavy atom. The number of thioether (sulfide) groups is 1. The van der Waals surface area contributed by atoms with E-state index in [4.69, 9.17) is 0 Å². The molecule has 2 rings (SSSR count). The van der Waals surface area contributed by atoms with Gasteiger partial charge >= 0.3 is 5.97 Å². The second-order valence-corrected chi connectivity index (χ2v) is 5.54. The number of hydrogen-bond donors (Lipinski definition) is 2. The minimum absolute atomic E-state index is 0.257. The van der Waals surface area contributed by atoms with Gasteiger partial charge in [-0.15, -0.1) is 0 Å². The molecule has 1 atom stereocenters. The van der Waals surface area contributed by atoms with Crippen molar-refractivity contribution in [2.75, 3.05) is 11.5 Å². The largest absolute Gasteiger partial charge is 0.479 e. The van der Waals surface area contributed by atoms with Crippen molar-refractivity contribution in [3.05, 3.63) is 17.5 Å². The van der Waals surface area contributed by atoms with Crippen LogP contribution in [0.25, 0.3) is 0 Å². The lowest BCUT2D eigenvalue weighted by Gasteiger charge is -2.23. The third-order valence-corrected chi connectivity index (χ3v) is 4.32. The van der Waals surface area contributed by atoms with Crippen molar-refractivity contribution < 1.29 is 14.7 Å². The average Bonchev–Trinajstić information content (AvgIpc) is 2.88. The Balaban J connectivity index is 2.17. The Labute approximate surface area is 109 Å². The van der Waals surface area contributed by atoms with E-state index in [1.165, 1.54) is 11.8 Å². The molecule has 0 aromatic carbocycles. The minimum atomic E-state index is -1.15. The summed E-state index contributed by atoms with van der Waals surface area (Å²) >= 11 is 1.53. The van der Waals surface area contributed by atoms with Gasteiger partial charge in [0.2, 0.25) is 0 Å². The van der Waals surface area contributed by atoms with Crippen LogP contribution in [0.4, 0.5) is 0 Å². The first-order valence-corrected chi connectivity index (χ1v) is 6.74. The van der Waals surface area contributed by atoms with E-state index in [1.54, 1.807) is 17.8 Å². The highest BCUT2D eigenvalue weighted by molar-refractivity contribution is 7.99. The molecular formula is C11H15N3O3S. The van der Waals surface area contributed by atoms with Crippen LogP contribution in [-0.4, -0.2) is 43.8 Å². The first-order valence-electron chi connectivity index (χ1n) is 5.59. The molecule has 0 radical (unpaired) electrons. The quantitative estimate of drug-likeness (QED) is 0.830. The zero-order chi connectivity index (χ0) is 13.3. The molecule has 18 heavy (non-hydrogen) atoms. The van der Waals surface area contributed by atoms with Gasteiger partial charge in [0.15, 0.2) is 0 Å². The monoisotopic (exact) mass is 269 g/mol. The van der Waals surface area contributed by atoms with Gasteiger partial charge in [-0.3, -0.25) is 9.48 Å². The van der Waals surface area contributed by atoms with Crippen molar-refractivity contribution in [2.45, 2.75) is 18.9 Å². The number of nitrogens with one attached hydrogen (secondary N) is 1. The van der Waals surface area contributed by atoms with Gasteiger partial charge < -0.3 is 10.4 Å². The van der Waals surface area contributed by atoms with Gasteiger partial charge in [-0.25, -0.2) is 4.79 Å². The van der Waals surface area contributed by atoms with Crippen molar-refractivity contribution >= 4 is 23.6 Å². The number of carboxylic acids is 1. The normalized spacial score (nSPS) is 23.0. The number of carbonyl (C=O) groups is 2. The van der Waals surface area contributed by atoms with Gasteiger partial charge in [0.25, 0.3) is 5.91 Å². The smallest absolute Gasteiger partial charge is 0.330 e. The number of aryl methyl sites for hydroxylation is 2. The molecule has 1 fully saturated rings. The third kappa shape index (κ3) is 2.22. The molecule has 7 heteroatoms. The van der Waals surface area contributed by atoms with E-state index in [-0.39, 0.29) is 5.69 Å². The lowest BCUT2D eigenvalue weighted by atomic mass is 9.99. The third-order valence-electron chi connectivity index (χ3n) is 3.13. The fraction of sp³-hybridized carbons (Fsp3) is 0.545. The van der Waals surface area contributed by atoms with E-state index in [1.807, 2.05) is 6.92 Å². The van der Waals surface area contributed by atoms with Crippen LogP contribution >= 0.6 is 11.8 Å². The first kappa shape index (κ1) is 12.9. The number of aliphatic carboxylic acids is 1. The van der Waals surface area contributed by atoms with Gasteiger partial charge in [-0.05, 0) is 25.2 Å². The standard InChI is InChI=1S/C11H15N3O3S/c1-7-5-8(13-14(7)2)9(15)12-11(10(16)17)3-4-18-6-11/h5H,3-4,6H2,1-2H3,(H,12,15)(H,16,17). The second-order valence-electron chi connectivity index (χ2n) is 4.44. The predicted octanol–water partition coefficient (Wildman–Crippen LogP) is 0.419. The molecule has 1 aromatic rings. The summed E-state index contributed by atoms with van der Waals surface area (Å²) < 4.78 is 1.59. The van der Waals surface area contributed by atoms with Crippen LogP contribution in [0, 0.1) is 6.92 Å². The highest BCUT2D eigenvalue weighted by atomic mass is 32.2. The van der Waals surface area contributed by atoms with Crippen LogP contribution in [-0.2, 0) is 11.8 Å². The first-order chi connectivity index (χ1) is 8.44. The summed E-state index contributed by atoms with van der Waals surface area (Å²) in [4.78, 5) is 23.3. The van der Waals surface area contributed by atoms with E-state index in [2.05, 4.69) is 10.4 Å². The van der Waals surface area contributed by atoms with E-state index < -0.39 is 17.4 Å². The predicted molar refractivity (Wildman–Crippen MR) is 67.7 cm³/mol. The van der Waals surface area contributed by atoms with E-state index in [0.717, 1.165) is 11.4 Å². The number of aromatic nitrogens is 2. The summed E-state index contributed by atoms with van der Waals surface area (Å²) in [6.07, 6.45) is 0.449. The van der Waals surface area contributed by atoms with Gasteiger partial charge in [-0.2, -0.15) is 16.9 Å². The van der Waals surface area contributed by atoms with E-state index in [9.17, 15) is 14.7 Å². The minimum Gasteiger partial charge on any atom is -0.479 e. The van der Waals surface area contributed by atoms with Crippen molar-refractivity contribution in [1.82, 2.24) is 15.1 Å². The summed E-state index contributed by atoms with van der Waals surface area (Å²) in [7, 11) is 1.74. The Kier molecular flexibility index (Phi) is 3.34. The molecule has 1 unspecified atom stereocenters. The molecule has 0 saturated carbocycles. The molecule has 1 aliphatic heterocycles. The van der Waals surface area contributed by atoms with Gasteiger partial charge in [-0.1, -0.05) is 0 Å². The lowest BCUT2D eigenvalue weighted by molar-refractivity contribution is -0.143. The molecule has 1 saturated heterocycles. The zero-order valence-corrected chi connectivity index (χ0v) is 11.1. The molecule has 1 aliphatic rings. The van der Waals surface area contributed by atoms with Crippen molar-refractivity contribution in [2.24, 2.45) is 7.05 Å². The molecule has 0 spiro atoms. The number of carboxylic acid groups (broad SMARTS) is 1. The van der Waals surface area contributed by atoms with Crippen LogP contribution in [0.15, 0.2) is 6.07 Å². The maximum absolute atomic E-state index is 12.0. The van der Waals surface area contributed by atoms with Crippen LogP contribution in [0.5, 0.6) is 0 Å². The maximum atomic E-state index is 12.0. The molecule has 6 nitrogen and oxygen atoms in total. The Bertz CT molecular complexity index is 472. The second kappa shape index (κ2) is 4.64. The maximum Gasteiger partial charge on any atom is 0.330 e. The van der Waals surface area contributed by atoms with E-state index in [0.29, 0.717) is 12.2 Å². The van der Waals surface area contributed by atoms with Crippen LogP contribution in [0.3, 0.4) is 0 Å². The molecule has 2 heterocycles. The zero-order valence-electron chi connectivity index (χ0n) is 10.3. The SMILES string of the molecule is Cc1cc(C(=O)NC2(C(=O)O)CCSC2)nn1C. The number of amides is 1.